The zero-order chi connectivity index (χ0) is 20.4. The molecule has 0 saturated carbocycles. The van der Waals surface area contributed by atoms with Crippen LogP contribution in [0.1, 0.15) is 5.56 Å². The van der Waals surface area contributed by atoms with E-state index in [4.69, 9.17) is 21.4 Å². The monoisotopic (exact) mass is 593 g/mol. The van der Waals surface area contributed by atoms with Crippen molar-refractivity contribution in [3.8, 4) is 5.75 Å². The fourth-order valence-electron chi connectivity index (χ4n) is 2.42. The Morgan fingerprint density at radius 2 is 2.07 bits per heavy atom. The van der Waals surface area contributed by atoms with Crippen LogP contribution in [0.4, 0.5) is 10.5 Å². The molecule has 1 aliphatic heterocycles. The third kappa shape index (κ3) is 4.70. The van der Waals surface area contributed by atoms with Crippen LogP contribution in [0, 0.1) is 3.57 Å². The number of aliphatic carboxylic acids is 1. The van der Waals surface area contributed by atoms with Crippen molar-refractivity contribution < 1.29 is 24.2 Å². The molecule has 144 valence electrons. The van der Waals surface area contributed by atoms with E-state index in [-0.39, 0.29) is 10.7 Å². The van der Waals surface area contributed by atoms with Crippen LogP contribution in [0.25, 0.3) is 6.08 Å². The third-order valence-electron chi connectivity index (χ3n) is 3.52. The maximum atomic E-state index is 12.8. The van der Waals surface area contributed by atoms with Crippen LogP contribution in [0.15, 0.2) is 45.8 Å². The molecule has 3 rings (SSSR count). The number of carbonyl (C=O) groups is 3. The summed E-state index contributed by atoms with van der Waals surface area (Å²) in [5.74, 6) is -1.34. The first-order chi connectivity index (χ1) is 13.3. The van der Waals surface area contributed by atoms with Crippen molar-refractivity contribution in [2.45, 2.75) is 0 Å². The van der Waals surface area contributed by atoms with Gasteiger partial charge in [-0.2, -0.15) is 0 Å². The second-order valence-electron chi connectivity index (χ2n) is 5.49. The van der Waals surface area contributed by atoms with Gasteiger partial charge in [-0.05, 0) is 86.7 Å². The number of rotatable bonds is 5. The summed E-state index contributed by atoms with van der Waals surface area (Å²) in [6.07, 6.45) is 1.51. The predicted octanol–water partition coefficient (Wildman–Crippen LogP) is 5.41. The van der Waals surface area contributed by atoms with Crippen LogP contribution >= 0.6 is 61.9 Å². The quantitative estimate of drug-likeness (QED) is 0.368. The molecule has 2 amide bonds. The number of ether oxygens (including phenoxy) is 1. The Kier molecular flexibility index (Phi) is 6.69. The lowest BCUT2D eigenvalue weighted by Crippen LogP contribution is -2.27. The highest BCUT2D eigenvalue weighted by Gasteiger charge is 2.36. The van der Waals surface area contributed by atoms with Gasteiger partial charge >= 0.3 is 5.97 Å². The Balaban J connectivity index is 1.99. The van der Waals surface area contributed by atoms with E-state index in [1.807, 2.05) is 0 Å². The summed E-state index contributed by atoms with van der Waals surface area (Å²) in [6, 6.07) is 9.94. The Labute approximate surface area is 191 Å². The number of benzene rings is 2. The maximum absolute atomic E-state index is 12.8. The molecule has 0 bridgehead atoms. The van der Waals surface area contributed by atoms with E-state index in [0.717, 1.165) is 20.2 Å². The van der Waals surface area contributed by atoms with Gasteiger partial charge in [0.15, 0.2) is 6.61 Å². The molecule has 1 heterocycles. The summed E-state index contributed by atoms with van der Waals surface area (Å²) in [5.41, 5.74) is 0.862. The van der Waals surface area contributed by atoms with Crippen LogP contribution in [-0.2, 0) is 9.59 Å². The number of imide groups is 1. The minimum Gasteiger partial charge on any atom is -0.480 e. The zero-order valence-electron chi connectivity index (χ0n) is 13.8. The van der Waals surface area contributed by atoms with E-state index in [2.05, 4.69) is 38.5 Å². The fourth-order valence-corrected chi connectivity index (χ4v) is 5.10. The molecule has 1 aliphatic rings. The van der Waals surface area contributed by atoms with Crippen LogP contribution < -0.4 is 9.64 Å². The van der Waals surface area contributed by atoms with Crippen LogP contribution in [0.2, 0.25) is 5.02 Å². The summed E-state index contributed by atoms with van der Waals surface area (Å²) < 4.78 is 6.74. The van der Waals surface area contributed by atoms with E-state index in [0.29, 0.717) is 20.7 Å². The number of anilines is 1. The van der Waals surface area contributed by atoms with Crippen LogP contribution in [0.3, 0.4) is 0 Å². The Morgan fingerprint density at radius 1 is 1.32 bits per heavy atom. The molecule has 0 unspecified atom stereocenters. The first-order valence-electron chi connectivity index (χ1n) is 7.63. The van der Waals surface area contributed by atoms with Crippen molar-refractivity contribution in [3.05, 3.63) is 59.9 Å². The highest BCUT2D eigenvalue weighted by Crippen LogP contribution is 2.39. The summed E-state index contributed by atoms with van der Waals surface area (Å²) in [4.78, 5) is 37.3. The SMILES string of the molecule is O=C(O)COc1c(Br)cc(I)cc1/C=C1/SC(=O)N(c2cccc(Cl)c2)C1=O. The second-order valence-corrected chi connectivity index (χ2v) is 9.01. The van der Waals surface area contributed by atoms with Gasteiger partial charge in [-0.1, -0.05) is 17.7 Å². The minimum absolute atomic E-state index is 0.194. The Hall–Kier alpha value is -1.56. The summed E-state index contributed by atoms with van der Waals surface area (Å²) in [7, 11) is 0. The van der Waals surface area contributed by atoms with Crippen molar-refractivity contribution in [1.82, 2.24) is 0 Å². The molecule has 6 nitrogen and oxygen atoms in total. The summed E-state index contributed by atoms with van der Waals surface area (Å²) >= 11 is 12.2. The van der Waals surface area contributed by atoms with Crippen molar-refractivity contribution in [3.63, 3.8) is 0 Å². The van der Waals surface area contributed by atoms with Crippen LogP contribution in [0.5, 0.6) is 5.75 Å². The topological polar surface area (TPSA) is 83.9 Å². The molecule has 0 spiro atoms. The van der Waals surface area contributed by atoms with Crippen molar-refractivity contribution in [2.75, 3.05) is 11.5 Å². The number of carboxylic acids is 1. The number of carbonyl (C=O) groups excluding carboxylic acids is 2. The minimum atomic E-state index is -1.13. The number of halogens is 3. The van der Waals surface area contributed by atoms with Gasteiger partial charge < -0.3 is 9.84 Å². The molecule has 1 N–H and O–H groups in total. The number of nitrogens with zero attached hydrogens (tertiary/aromatic N) is 1. The molecule has 2 aromatic rings. The molecule has 0 atom stereocenters. The predicted molar refractivity (Wildman–Crippen MR) is 120 cm³/mol. The van der Waals surface area contributed by atoms with E-state index in [1.165, 1.54) is 12.1 Å². The van der Waals surface area contributed by atoms with Gasteiger partial charge in [0.25, 0.3) is 11.1 Å². The van der Waals surface area contributed by atoms with E-state index < -0.39 is 23.7 Å². The average molecular weight is 595 g/mol. The number of thioether (sulfide) groups is 1. The zero-order valence-corrected chi connectivity index (χ0v) is 19.1. The number of hydrogen-bond donors (Lipinski definition) is 1. The number of carboxylic acid groups (broad SMARTS) is 1. The standard InChI is InChI=1S/C18H10BrClINO5S/c19-13-7-11(21)4-9(16(13)27-8-15(23)24)5-14-17(25)22(18(26)28-14)12-3-1-2-10(20)6-12/h1-7H,8H2,(H,23,24)/b14-5+. The first kappa shape index (κ1) is 21.2. The van der Waals surface area contributed by atoms with Gasteiger partial charge in [0.1, 0.15) is 5.75 Å². The average Bonchev–Trinajstić information content (AvgIpc) is 2.87. The molecular weight excluding hydrogens is 585 g/mol. The molecular formula is C18H10BrClINO5S. The molecule has 1 fully saturated rings. The lowest BCUT2D eigenvalue weighted by Gasteiger charge is -2.13. The highest BCUT2D eigenvalue weighted by atomic mass is 127. The van der Waals surface area contributed by atoms with Crippen LogP contribution in [-0.4, -0.2) is 28.8 Å². The summed E-state index contributed by atoms with van der Waals surface area (Å²) in [6.45, 7) is -0.538. The van der Waals surface area contributed by atoms with E-state index >= 15 is 0 Å². The third-order valence-corrected chi connectivity index (χ3v) is 5.84. The fraction of sp³-hybridized carbons (Fsp3) is 0.0556. The molecule has 0 radical (unpaired) electrons. The smallest absolute Gasteiger partial charge is 0.341 e. The van der Waals surface area contributed by atoms with Crippen molar-refractivity contribution in [2.24, 2.45) is 0 Å². The van der Waals surface area contributed by atoms with Crippen molar-refractivity contribution >= 4 is 90.8 Å². The lowest BCUT2D eigenvalue weighted by molar-refractivity contribution is -0.139. The van der Waals surface area contributed by atoms with Gasteiger partial charge in [-0.15, -0.1) is 0 Å². The van der Waals surface area contributed by atoms with Gasteiger partial charge in [0.2, 0.25) is 0 Å². The molecule has 0 aliphatic carbocycles. The molecule has 1 saturated heterocycles. The van der Waals surface area contributed by atoms with Crippen molar-refractivity contribution in [1.29, 1.82) is 0 Å². The molecule has 10 heteroatoms. The van der Waals surface area contributed by atoms with E-state index in [1.54, 1.807) is 30.3 Å². The molecule has 2 aromatic carbocycles. The van der Waals surface area contributed by atoms with E-state index in [9.17, 15) is 14.4 Å². The van der Waals surface area contributed by atoms with Gasteiger partial charge in [-0.25, -0.2) is 9.69 Å². The molecule has 0 aromatic heterocycles. The largest absolute Gasteiger partial charge is 0.480 e. The normalized spacial score (nSPS) is 15.4. The number of amides is 2. The lowest BCUT2D eigenvalue weighted by atomic mass is 10.2. The van der Waals surface area contributed by atoms with Gasteiger partial charge in [0, 0.05) is 14.2 Å². The second kappa shape index (κ2) is 8.85. The first-order valence-corrected chi connectivity index (χ1v) is 10.7. The van der Waals surface area contributed by atoms with Gasteiger partial charge in [0.05, 0.1) is 15.1 Å². The number of hydrogen-bond acceptors (Lipinski definition) is 5. The van der Waals surface area contributed by atoms with Gasteiger partial charge in [-0.3, -0.25) is 9.59 Å². The Bertz CT molecular complexity index is 1030. The highest BCUT2D eigenvalue weighted by molar-refractivity contribution is 14.1. The molecule has 28 heavy (non-hydrogen) atoms. The maximum Gasteiger partial charge on any atom is 0.341 e. The Morgan fingerprint density at radius 3 is 2.75 bits per heavy atom. The summed E-state index contributed by atoms with van der Waals surface area (Å²) in [5, 5.41) is 8.84.